The number of hydrogen-bond acceptors (Lipinski definition) is 2. The maximum Gasteiger partial charge on any atom is 0.573 e. The number of nitrogens with one attached hydrogen (secondary N) is 2. The number of H-pyrrole nitrogens is 1. The van der Waals surface area contributed by atoms with Gasteiger partial charge in [-0.3, -0.25) is 0 Å². The van der Waals surface area contributed by atoms with Gasteiger partial charge in [-0.1, -0.05) is 30.3 Å². The molecule has 0 aliphatic rings. The standard InChI is InChI=1S/C17H15F3N4O.HI/c18-17(19,20)25-15-8-4-3-7-14(15)24-16(21)22-10-12-9-11-5-1-2-6-13(11)23-12;/h1-9,23H,10H2,(H3,21,22,24);1H. The molecule has 0 unspecified atom stereocenters. The number of nitrogens with two attached hydrogens (primary N) is 1. The van der Waals surface area contributed by atoms with Crippen molar-refractivity contribution in [3.63, 3.8) is 0 Å². The Balaban J connectivity index is 0.00000243. The Hall–Kier alpha value is -2.43. The van der Waals surface area contributed by atoms with Crippen LogP contribution in [-0.2, 0) is 6.54 Å². The first-order chi connectivity index (χ1) is 11.9. The number of rotatable bonds is 4. The molecule has 0 spiro atoms. The highest BCUT2D eigenvalue weighted by atomic mass is 127. The molecular weight excluding hydrogens is 460 g/mol. The molecule has 5 nitrogen and oxygen atoms in total. The molecule has 0 fully saturated rings. The van der Waals surface area contributed by atoms with E-state index < -0.39 is 6.36 Å². The third-order valence-electron chi connectivity index (χ3n) is 3.38. The summed E-state index contributed by atoms with van der Waals surface area (Å²) in [7, 11) is 0. The van der Waals surface area contributed by atoms with E-state index in [1.165, 1.54) is 18.2 Å². The molecule has 3 rings (SSSR count). The molecule has 9 heteroatoms. The van der Waals surface area contributed by atoms with E-state index >= 15 is 0 Å². The van der Waals surface area contributed by atoms with Crippen LogP contribution in [0.25, 0.3) is 10.9 Å². The van der Waals surface area contributed by atoms with Crippen LogP contribution in [0.4, 0.5) is 18.9 Å². The maximum atomic E-state index is 12.4. The van der Waals surface area contributed by atoms with E-state index in [4.69, 9.17) is 5.73 Å². The summed E-state index contributed by atoms with van der Waals surface area (Å²) in [6.45, 7) is 0.260. The zero-order valence-corrected chi connectivity index (χ0v) is 15.7. The van der Waals surface area contributed by atoms with Crippen LogP contribution >= 0.6 is 24.0 Å². The number of guanidine groups is 1. The Morgan fingerprint density at radius 2 is 1.81 bits per heavy atom. The van der Waals surface area contributed by atoms with Crippen molar-refractivity contribution in [3.8, 4) is 5.75 Å². The fourth-order valence-corrected chi connectivity index (χ4v) is 2.35. The lowest BCUT2D eigenvalue weighted by atomic mass is 10.2. The van der Waals surface area contributed by atoms with Crippen LogP contribution < -0.4 is 15.8 Å². The first-order valence-electron chi connectivity index (χ1n) is 7.39. The lowest BCUT2D eigenvalue weighted by molar-refractivity contribution is -0.274. The lowest BCUT2D eigenvalue weighted by Crippen LogP contribution is -2.24. The summed E-state index contributed by atoms with van der Waals surface area (Å²) < 4.78 is 41.2. The van der Waals surface area contributed by atoms with E-state index in [1.54, 1.807) is 6.07 Å². The van der Waals surface area contributed by atoms with Crippen LogP contribution in [0.15, 0.2) is 59.6 Å². The minimum absolute atomic E-state index is 0. The molecule has 0 radical (unpaired) electrons. The number of nitrogens with zero attached hydrogens (tertiary/aromatic N) is 1. The van der Waals surface area contributed by atoms with E-state index in [1.807, 2.05) is 30.3 Å². The average molecular weight is 476 g/mol. The Labute approximate surface area is 164 Å². The van der Waals surface area contributed by atoms with E-state index in [0.29, 0.717) is 0 Å². The number of aromatic nitrogens is 1. The van der Waals surface area contributed by atoms with Crippen molar-refractivity contribution in [2.75, 3.05) is 5.32 Å². The molecule has 1 heterocycles. The monoisotopic (exact) mass is 476 g/mol. The number of aliphatic imine (C=N–C) groups is 1. The number of halogens is 4. The van der Waals surface area contributed by atoms with E-state index in [0.717, 1.165) is 16.6 Å². The van der Waals surface area contributed by atoms with Gasteiger partial charge < -0.3 is 20.8 Å². The molecule has 26 heavy (non-hydrogen) atoms. The second-order valence-corrected chi connectivity index (χ2v) is 5.25. The van der Waals surface area contributed by atoms with Gasteiger partial charge in [0, 0.05) is 11.2 Å². The number of benzene rings is 2. The average Bonchev–Trinajstić information content (AvgIpc) is 2.96. The minimum atomic E-state index is -4.78. The summed E-state index contributed by atoms with van der Waals surface area (Å²) in [5, 5.41) is 3.67. The van der Waals surface area contributed by atoms with Crippen molar-refractivity contribution in [2.24, 2.45) is 10.7 Å². The molecule has 4 N–H and O–H groups in total. The number of ether oxygens (including phenoxy) is 1. The quantitative estimate of drug-likeness (QED) is 0.293. The minimum Gasteiger partial charge on any atom is -0.404 e. The Kier molecular flexibility index (Phi) is 6.35. The van der Waals surface area contributed by atoms with Gasteiger partial charge in [-0.25, -0.2) is 4.99 Å². The van der Waals surface area contributed by atoms with Crippen molar-refractivity contribution in [3.05, 3.63) is 60.3 Å². The fraction of sp³-hybridized carbons (Fsp3) is 0.118. The number of para-hydroxylation sites is 3. The molecule has 3 aromatic rings. The van der Waals surface area contributed by atoms with Crippen molar-refractivity contribution >= 4 is 46.5 Å². The van der Waals surface area contributed by atoms with Crippen LogP contribution in [0.3, 0.4) is 0 Å². The van der Waals surface area contributed by atoms with Gasteiger partial charge in [0.05, 0.1) is 12.2 Å². The number of fused-ring (bicyclic) bond motifs is 1. The van der Waals surface area contributed by atoms with Gasteiger partial charge in [-0.15, -0.1) is 37.1 Å². The molecule has 138 valence electrons. The van der Waals surface area contributed by atoms with Gasteiger partial charge in [-0.2, -0.15) is 0 Å². The Morgan fingerprint density at radius 1 is 1.12 bits per heavy atom. The zero-order chi connectivity index (χ0) is 17.9. The highest BCUT2D eigenvalue weighted by molar-refractivity contribution is 14.0. The van der Waals surface area contributed by atoms with E-state index in [9.17, 15) is 13.2 Å². The molecule has 0 saturated carbocycles. The first-order valence-corrected chi connectivity index (χ1v) is 7.39. The van der Waals surface area contributed by atoms with Gasteiger partial charge in [0.25, 0.3) is 0 Å². The molecule has 0 amide bonds. The van der Waals surface area contributed by atoms with E-state index in [-0.39, 0.29) is 47.9 Å². The predicted octanol–water partition coefficient (Wildman–Crippen LogP) is 4.61. The maximum absolute atomic E-state index is 12.4. The summed E-state index contributed by atoms with van der Waals surface area (Å²) in [5.41, 5.74) is 7.66. The number of alkyl halides is 3. The van der Waals surface area contributed by atoms with Crippen LogP contribution in [0, 0.1) is 0 Å². The number of anilines is 1. The predicted molar refractivity (Wildman–Crippen MR) is 106 cm³/mol. The summed E-state index contributed by atoms with van der Waals surface area (Å²) in [6, 6.07) is 15.3. The third kappa shape index (κ3) is 5.28. The van der Waals surface area contributed by atoms with Crippen LogP contribution in [0.1, 0.15) is 5.69 Å². The zero-order valence-electron chi connectivity index (χ0n) is 13.4. The van der Waals surface area contributed by atoms with Crippen molar-refractivity contribution in [1.82, 2.24) is 4.98 Å². The lowest BCUT2D eigenvalue weighted by Gasteiger charge is -2.14. The molecule has 0 atom stereocenters. The summed E-state index contributed by atoms with van der Waals surface area (Å²) in [5.74, 6) is -0.393. The Bertz CT molecular complexity index is 875. The van der Waals surface area contributed by atoms with Gasteiger partial charge in [0.2, 0.25) is 0 Å². The molecule has 0 saturated heterocycles. The summed E-state index contributed by atoms with van der Waals surface area (Å²) in [6.07, 6.45) is -4.78. The fourth-order valence-electron chi connectivity index (χ4n) is 2.35. The molecule has 2 aromatic carbocycles. The SMILES string of the molecule is I.NC(=NCc1cc2ccccc2[nH]1)Nc1ccccc1OC(F)(F)F. The molecule has 1 aromatic heterocycles. The van der Waals surface area contributed by atoms with E-state index in [2.05, 4.69) is 20.0 Å². The number of hydrogen-bond donors (Lipinski definition) is 3. The topological polar surface area (TPSA) is 75.4 Å². The third-order valence-corrected chi connectivity index (χ3v) is 3.38. The summed E-state index contributed by atoms with van der Waals surface area (Å²) in [4.78, 5) is 7.33. The van der Waals surface area contributed by atoms with Gasteiger partial charge >= 0.3 is 6.36 Å². The number of aromatic amines is 1. The second kappa shape index (κ2) is 8.30. The van der Waals surface area contributed by atoms with Gasteiger partial charge in [0.1, 0.15) is 0 Å². The normalized spacial score (nSPS) is 11.9. The smallest absolute Gasteiger partial charge is 0.404 e. The molecule has 0 aliphatic heterocycles. The second-order valence-electron chi connectivity index (χ2n) is 5.25. The molecular formula is C17H16F3IN4O. The molecule has 0 bridgehead atoms. The highest BCUT2D eigenvalue weighted by Crippen LogP contribution is 2.29. The Morgan fingerprint density at radius 3 is 2.54 bits per heavy atom. The largest absolute Gasteiger partial charge is 0.573 e. The first kappa shape index (κ1) is 19.9. The van der Waals surface area contributed by atoms with Gasteiger partial charge in [0.15, 0.2) is 11.7 Å². The molecule has 0 aliphatic carbocycles. The van der Waals surface area contributed by atoms with Gasteiger partial charge in [-0.05, 0) is 29.7 Å². The van der Waals surface area contributed by atoms with Crippen LogP contribution in [0.5, 0.6) is 5.75 Å². The van der Waals surface area contributed by atoms with Crippen molar-refractivity contribution in [1.29, 1.82) is 0 Å². The van der Waals surface area contributed by atoms with Crippen molar-refractivity contribution < 1.29 is 17.9 Å². The van der Waals surface area contributed by atoms with Crippen molar-refractivity contribution in [2.45, 2.75) is 12.9 Å². The van der Waals surface area contributed by atoms with Crippen LogP contribution in [0.2, 0.25) is 0 Å². The highest BCUT2D eigenvalue weighted by Gasteiger charge is 2.32. The van der Waals surface area contributed by atoms with Crippen LogP contribution in [-0.4, -0.2) is 17.3 Å². The summed E-state index contributed by atoms with van der Waals surface area (Å²) >= 11 is 0.